The number of likely N-dealkylation sites (tertiary alicyclic amines) is 1. The second-order valence-corrected chi connectivity index (χ2v) is 8.88. The van der Waals surface area contributed by atoms with Crippen LogP contribution in [-0.2, 0) is 16.6 Å². The molecule has 180 valence electrons. The number of benzene rings is 2. The fourth-order valence-corrected chi connectivity index (χ4v) is 4.40. The highest BCUT2D eigenvalue weighted by Gasteiger charge is 2.35. The van der Waals surface area contributed by atoms with Gasteiger partial charge in [-0.05, 0) is 62.1 Å². The zero-order chi connectivity index (χ0) is 24.7. The molecule has 9 heteroatoms. The van der Waals surface area contributed by atoms with Crippen molar-refractivity contribution in [3.63, 3.8) is 0 Å². The summed E-state index contributed by atoms with van der Waals surface area (Å²) in [6.45, 7) is 5.97. The molecule has 0 bridgehead atoms. The molecular formula is C25H27F3N4O2. The first-order valence-corrected chi connectivity index (χ1v) is 11.2. The van der Waals surface area contributed by atoms with Crippen molar-refractivity contribution in [2.75, 3.05) is 18.4 Å². The normalized spacial score (nSPS) is 17.0. The third-order valence-corrected chi connectivity index (χ3v) is 6.45. The average molecular weight is 473 g/mol. The summed E-state index contributed by atoms with van der Waals surface area (Å²) in [7, 11) is 0. The van der Waals surface area contributed by atoms with Gasteiger partial charge in [0.1, 0.15) is 11.6 Å². The second-order valence-electron chi connectivity index (χ2n) is 8.88. The van der Waals surface area contributed by atoms with E-state index in [1.54, 1.807) is 24.8 Å². The standard InChI is InChI=1S/C25H27F3N4O2/c1-15(18-5-4-6-20(13-18)25(26,27)28)29-23-21-14-19(7-8-22(21)30-16(2)31-23)24(34)9-11-32(12-10-24)17(3)33/h4-8,13-15,34H,9-12H2,1-3H3,(H,29,30,31)/t15-/m1/s1. The number of aromatic nitrogens is 2. The van der Waals surface area contributed by atoms with Gasteiger partial charge >= 0.3 is 6.18 Å². The molecule has 3 aromatic rings. The lowest BCUT2D eigenvalue weighted by Gasteiger charge is -2.38. The van der Waals surface area contributed by atoms with Crippen molar-refractivity contribution in [1.29, 1.82) is 0 Å². The van der Waals surface area contributed by atoms with Crippen LogP contribution in [0.25, 0.3) is 10.9 Å². The Balaban J connectivity index is 1.66. The van der Waals surface area contributed by atoms with Gasteiger partial charge in [0.05, 0.1) is 16.7 Å². The molecule has 1 atom stereocenters. The molecule has 0 spiro atoms. The molecule has 34 heavy (non-hydrogen) atoms. The maximum atomic E-state index is 13.2. The van der Waals surface area contributed by atoms with Crippen LogP contribution in [0.3, 0.4) is 0 Å². The first-order chi connectivity index (χ1) is 16.0. The molecule has 0 radical (unpaired) electrons. The molecule has 2 N–H and O–H groups in total. The van der Waals surface area contributed by atoms with E-state index in [0.29, 0.717) is 59.6 Å². The molecule has 1 aliphatic heterocycles. The predicted octanol–water partition coefficient (Wildman–Crippen LogP) is 4.96. The maximum absolute atomic E-state index is 13.2. The largest absolute Gasteiger partial charge is 0.416 e. The minimum atomic E-state index is -4.42. The third-order valence-electron chi connectivity index (χ3n) is 6.45. The van der Waals surface area contributed by atoms with Crippen LogP contribution in [0.15, 0.2) is 42.5 Å². The number of nitrogens with one attached hydrogen (secondary N) is 1. The number of carbonyl (C=O) groups is 1. The SMILES string of the molecule is CC(=O)N1CCC(O)(c2ccc3nc(C)nc(N[C@H](C)c4cccc(C(F)(F)F)c4)c3c2)CC1. The Kier molecular flexibility index (Phi) is 6.24. The van der Waals surface area contributed by atoms with Gasteiger partial charge in [0, 0.05) is 31.4 Å². The highest BCUT2D eigenvalue weighted by Crippen LogP contribution is 2.36. The molecule has 6 nitrogen and oxygen atoms in total. The monoisotopic (exact) mass is 472 g/mol. The van der Waals surface area contributed by atoms with Gasteiger partial charge in [-0.25, -0.2) is 9.97 Å². The van der Waals surface area contributed by atoms with Gasteiger partial charge in [0.15, 0.2) is 0 Å². The molecule has 1 aromatic heterocycles. The highest BCUT2D eigenvalue weighted by molar-refractivity contribution is 5.90. The summed E-state index contributed by atoms with van der Waals surface area (Å²) in [4.78, 5) is 22.3. The van der Waals surface area contributed by atoms with E-state index in [1.165, 1.54) is 13.0 Å². The number of hydrogen-bond donors (Lipinski definition) is 2. The number of carbonyl (C=O) groups excluding carboxylic acids is 1. The Morgan fingerprint density at radius 1 is 1.15 bits per heavy atom. The number of nitrogens with zero attached hydrogens (tertiary/aromatic N) is 3. The van der Waals surface area contributed by atoms with Crippen molar-refractivity contribution in [1.82, 2.24) is 14.9 Å². The van der Waals surface area contributed by atoms with Gasteiger partial charge in [0.25, 0.3) is 0 Å². The van der Waals surface area contributed by atoms with E-state index in [1.807, 2.05) is 18.2 Å². The van der Waals surface area contributed by atoms with Crippen LogP contribution in [0.5, 0.6) is 0 Å². The van der Waals surface area contributed by atoms with Crippen molar-refractivity contribution in [2.24, 2.45) is 0 Å². The van der Waals surface area contributed by atoms with Gasteiger partial charge in [-0.1, -0.05) is 18.2 Å². The van der Waals surface area contributed by atoms with Crippen LogP contribution >= 0.6 is 0 Å². The van der Waals surface area contributed by atoms with Gasteiger partial charge in [0.2, 0.25) is 5.91 Å². The summed E-state index contributed by atoms with van der Waals surface area (Å²) >= 11 is 0. The number of hydrogen-bond acceptors (Lipinski definition) is 5. The molecule has 1 saturated heterocycles. The Bertz CT molecular complexity index is 1220. The third kappa shape index (κ3) is 4.84. The predicted molar refractivity (Wildman–Crippen MR) is 123 cm³/mol. The fourth-order valence-electron chi connectivity index (χ4n) is 4.40. The van der Waals surface area contributed by atoms with E-state index in [9.17, 15) is 23.1 Å². The number of alkyl halides is 3. The first kappa shape index (κ1) is 23.9. The number of anilines is 1. The Hall–Kier alpha value is -3.20. The Labute approximate surface area is 195 Å². The molecule has 1 fully saturated rings. The van der Waals surface area contributed by atoms with Crippen molar-refractivity contribution >= 4 is 22.6 Å². The van der Waals surface area contributed by atoms with Crippen molar-refractivity contribution < 1.29 is 23.1 Å². The topological polar surface area (TPSA) is 78.4 Å². The van der Waals surface area contributed by atoms with Crippen LogP contribution in [-0.4, -0.2) is 39.0 Å². The number of aryl methyl sites for hydroxylation is 1. The van der Waals surface area contributed by atoms with Crippen LogP contribution in [0.1, 0.15) is 55.2 Å². The van der Waals surface area contributed by atoms with Crippen LogP contribution < -0.4 is 5.32 Å². The summed E-state index contributed by atoms with van der Waals surface area (Å²) in [6, 6.07) is 10.2. The second kappa shape index (κ2) is 8.87. The molecule has 1 amide bonds. The molecule has 2 aromatic carbocycles. The summed E-state index contributed by atoms with van der Waals surface area (Å²) < 4.78 is 39.5. The minimum Gasteiger partial charge on any atom is -0.385 e. The van der Waals surface area contributed by atoms with Crippen molar-refractivity contribution in [2.45, 2.75) is 51.4 Å². The molecule has 0 unspecified atom stereocenters. The van der Waals surface area contributed by atoms with E-state index in [0.717, 1.165) is 12.1 Å². The van der Waals surface area contributed by atoms with E-state index in [4.69, 9.17) is 0 Å². The number of halogens is 3. The van der Waals surface area contributed by atoms with Crippen molar-refractivity contribution in [3.8, 4) is 0 Å². The van der Waals surface area contributed by atoms with Crippen molar-refractivity contribution in [3.05, 3.63) is 65.0 Å². The maximum Gasteiger partial charge on any atom is 0.416 e. The number of piperidine rings is 1. The van der Waals surface area contributed by atoms with E-state index < -0.39 is 23.4 Å². The fraction of sp³-hybridized carbons (Fsp3) is 0.400. The lowest BCUT2D eigenvalue weighted by atomic mass is 9.84. The van der Waals surface area contributed by atoms with E-state index in [2.05, 4.69) is 15.3 Å². The zero-order valence-corrected chi connectivity index (χ0v) is 19.3. The summed E-state index contributed by atoms with van der Waals surface area (Å²) in [5.74, 6) is 0.992. The molecule has 2 heterocycles. The molecule has 4 rings (SSSR count). The molecule has 0 aliphatic carbocycles. The number of amides is 1. The minimum absolute atomic E-state index is 0.0143. The summed E-state index contributed by atoms with van der Waals surface area (Å²) in [5.41, 5.74) is 0.0502. The number of rotatable bonds is 4. The molecule has 1 aliphatic rings. The number of aliphatic hydroxyl groups is 1. The quantitative estimate of drug-likeness (QED) is 0.561. The lowest BCUT2D eigenvalue weighted by molar-refractivity contribution is -0.137. The lowest BCUT2D eigenvalue weighted by Crippen LogP contribution is -2.44. The zero-order valence-electron chi connectivity index (χ0n) is 19.3. The number of fused-ring (bicyclic) bond motifs is 1. The summed E-state index contributed by atoms with van der Waals surface area (Å²) in [5, 5.41) is 15.2. The van der Waals surface area contributed by atoms with E-state index in [-0.39, 0.29) is 5.91 Å². The van der Waals surface area contributed by atoms with Crippen LogP contribution in [0.4, 0.5) is 19.0 Å². The smallest absolute Gasteiger partial charge is 0.385 e. The highest BCUT2D eigenvalue weighted by atomic mass is 19.4. The summed E-state index contributed by atoms with van der Waals surface area (Å²) in [6.07, 6.45) is -3.60. The molecular weight excluding hydrogens is 445 g/mol. The first-order valence-electron chi connectivity index (χ1n) is 11.2. The van der Waals surface area contributed by atoms with E-state index >= 15 is 0 Å². The molecule has 0 saturated carbocycles. The van der Waals surface area contributed by atoms with Gasteiger partial charge < -0.3 is 15.3 Å². The van der Waals surface area contributed by atoms with Gasteiger partial charge in [-0.2, -0.15) is 13.2 Å². The Morgan fingerprint density at radius 2 is 1.85 bits per heavy atom. The van der Waals surface area contributed by atoms with Gasteiger partial charge in [-0.15, -0.1) is 0 Å². The van der Waals surface area contributed by atoms with Crippen LogP contribution in [0, 0.1) is 6.92 Å². The van der Waals surface area contributed by atoms with Crippen LogP contribution in [0.2, 0.25) is 0 Å². The van der Waals surface area contributed by atoms with Gasteiger partial charge in [-0.3, -0.25) is 4.79 Å². The average Bonchev–Trinajstić information content (AvgIpc) is 2.78. The Morgan fingerprint density at radius 3 is 2.50 bits per heavy atom.